The van der Waals surface area contributed by atoms with Crippen molar-refractivity contribution in [3.8, 4) is 5.75 Å². The fraction of sp³-hybridized carbons (Fsp3) is 0.381. The monoisotopic (exact) mass is 340 g/mol. The number of benzene rings is 2. The Morgan fingerprint density at radius 3 is 2.28 bits per heavy atom. The third-order valence-electron chi connectivity index (χ3n) is 4.14. The number of nitrogens with one attached hydrogen (secondary N) is 2. The number of ether oxygens (including phenoxy) is 1. The number of hydrogen-bond acceptors (Lipinski definition) is 2. The van der Waals surface area contributed by atoms with Crippen LogP contribution in [0.4, 0.5) is 10.5 Å². The smallest absolute Gasteiger partial charge is 0.319 e. The van der Waals surface area contributed by atoms with Crippen LogP contribution in [0.25, 0.3) is 0 Å². The van der Waals surface area contributed by atoms with Gasteiger partial charge in [0.25, 0.3) is 0 Å². The second kappa shape index (κ2) is 8.06. The molecular formula is C21H28N2O2. The molecule has 0 aliphatic heterocycles. The number of hydrogen-bond donors (Lipinski definition) is 2. The lowest BCUT2D eigenvalue weighted by molar-refractivity contribution is 0.247. The summed E-state index contributed by atoms with van der Waals surface area (Å²) in [4.78, 5) is 11.9. The first-order valence-electron chi connectivity index (χ1n) is 8.61. The van der Waals surface area contributed by atoms with Gasteiger partial charge in [0.2, 0.25) is 0 Å². The summed E-state index contributed by atoms with van der Waals surface area (Å²) in [7, 11) is 0. The second-order valence-corrected chi connectivity index (χ2v) is 7.30. The minimum atomic E-state index is -0.229. The van der Waals surface area contributed by atoms with Gasteiger partial charge in [-0.25, -0.2) is 4.79 Å². The molecule has 0 radical (unpaired) electrons. The fourth-order valence-electron chi connectivity index (χ4n) is 2.37. The fourth-order valence-corrected chi connectivity index (χ4v) is 2.37. The van der Waals surface area contributed by atoms with E-state index in [0.29, 0.717) is 13.2 Å². The molecule has 2 aromatic carbocycles. The van der Waals surface area contributed by atoms with Gasteiger partial charge < -0.3 is 15.4 Å². The van der Waals surface area contributed by atoms with Crippen LogP contribution in [0.3, 0.4) is 0 Å². The van der Waals surface area contributed by atoms with Crippen molar-refractivity contribution in [2.24, 2.45) is 0 Å². The van der Waals surface area contributed by atoms with E-state index in [1.807, 2.05) is 42.5 Å². The summed E-state index contributed by atoms with van der Waals surface area (Å²) >= 11 is 0. The average molecular weight is 340 g/mol. The molecule has 2 N–H and O–H groups in total. The molecule has 25 heavy (non-hydrogen) atoms. The Bertz CT molecular complexity index is 716. The molecule has 0 saturated carbocycles. The number of carbonyl (C=O) groups is 1. The first-order chi connectivity index (χ1) is 11.8. The summed E-state index contributed by atoms with van der Waals surface area (Å²) in [5.41, 5.74) is 4.55. The first kappa shape index (κ1) is 18.8. The van der Waals surface area contributed by atoms with E-state index in [4.69, 9.17) is 4.74 Å². The van der Waals surface area contributed by atoms with Crippen LogP contribution in [0.2, 0.25) is 0 Å². The maximum absolute atomic E-state index is 11.9. The lowest BCUT2D eigenvalue weighted by Gasteiger charge is -2.19. The summed E-state index contributed by atoms with van der Waals surface area (Å²) < 4.78 is 5.65. The Labute approximate surface area is 150 Å². The lowest BCUT2D eigenvalue weighted by atomic mass is 9.87. The van der Waals surface area contributed by atoms with Gasteiger partial charge in [-0.15, -0.1) is 0 Å². The maximum Gasteiger partial charge on any atom is 0.319 e. The molecule has 0 fully saturated rings. The van der Waals surface area contributed by atoms with Crippen LogP contribution in [0, 0.1) is 13.8 Å². The zero-order chi connectivity index (χ0) is 18.4. The summed E-state index contributed by atoms with van der Waals surface area (Å²) in [6.07, 6.45) is 0. The SMILES string of the molecule is Cc1ccc(OCCNC(=O)Nc2ccc(C(C)(C)C)cc2)cc1C. The van der Waals surface area contributed by atoms with Crippen molar-refractivity contribution in [3.63, 3.8) is 0 Å². The van der Waals surface area contributed by atoms with E-state index in [-0.39, 0.29) is 11.4 Å². The number of anilines is 1. The van der Waals surface area contributed by atoms with Gasteiger partial charge in [0.05, 0.1) is 6.54 Å². The van der Waals surface area contributed by atoms with Crippen LogP contribution in [-0.2, 0) is 5.41 Å². The van der Waals surface area contributed by atoms with Crippen molar-refractivity contribution in [2.45, 2.75) is 40.0 Å². The van der Waals surface area contributed by atoms with Crippen molar-refractivity contribution in [2.75, 3.05) is 18.5 Å². The van der Waals surface area contributed by atoms with Crippen LogP contribution >= 0.6 is 0 Å². The van der Waals surface area contributed by atoms with E-state index >= 15 is 0 Å². The minimum Gasteiger partial charge on any atom is -0.492 e. The molecule has 4 heteroatoms. The van der Waals surface area contributed by atoms with Crippen molar-refractivity contribution in [1.29, 1.82) is 0 Å². The van der Waals surface area contributed by atoms with Crippen molar-refractivity contribution in [1.82, 2.24) is 5.32 Å². The molecule has 0 spiro atoms. The Balaban J connectivity index is 1.74. The molecule has 0 aliphatic rings. The molecule has 2 amide bonds. The van der Waals surface area contributed by atoms with Gasteiger partial charge in [-0.1, -0.05) is 39.0 Å². The lowest BCUT2D eigenvalue weighted by Crippen LogP contribution is -2.32. The number of amides is 2. The molecule has 2 aromatic rings. The molecule has 0 saturated heterocycles. The second-order valence-electron chi connectivity index (χ2n) is 7.30. The maximum atomic E-state index is 11.9. The Kier molecular flexibility index (Phi) is 6.07. The summed E-state index contributed by atoms with van der Waals surface area (Å²) in [5.74, 6) is 0.822. The topological polar surface area (TPSA) is 50.4 Å². The quantitative estimate of drug-likeness (QED) is 0.768. The molecule has 0 bridgehead atoms. The zero-order valence-corrected chi connectivity index (χ0v) is 15.8. The van der Waals surface area contributed by atoms with Gasteiger partial charge in [0, 0.05) is 5.69 Å². The Hall–Kier alpha value is -2.49. The molecule has 0 unspecified atom stereocenters. The zero-order valence-electron chi connectivity index (χ0n) is 15.8. The largest absolute Gasteiger partial charge is 0.492 e. The van der Waals surface area contributed by atoms with E-state index in [1.165, 1.54) is 16.7 Å². The van der Waals surface area contributed by atoms with Gasteiger partial charge >= 0.3 is 6.03 Å². The van der Waals surface area contributed by atoms with E-state index in [2.05, 4.69) is 45.3 Å². The van der Waals surface area contributed by atoms with E-state index in [1.54, 1.807) is 0 Å². The van der Waals surface area contributed by atoms with Crippen LogP contribution < -0.4 is 15.4 Å². The predicted octanol–water partition coefficient (Wildman–Crippen LogP) is 4.80. The number of urea groups is 1. The minimum absolute atomic E-state index is 0.104. The molecule has 0 heterocycles. The van der Waals surface area contributed by atoms with Gasteiger partial charge in [0.15, 0.2) is 0 Å². The standard InChI is InChI=1S/C21H28N2O2/c1-15-6-11-19(14-16(15)2)25-13-12-22-20(24)23-18-9-7-17(8-10-18)21(3,4)5/h6-11,14H,12-13H2,1-5H3,(H2,22,23,24). The Morgan fingerprint density at radius 2 is 1.68 bits per heavy atom. The summed E-state index contributed by atoms with van der Waals surface area (Å²) in [6.45, 7) is 11.5. The van der Waals surface area contributed by atoms with Crippen LogP contribution in [-0.4, -0.2) is 19.2 Å². The molecule has 2 rings (SSSR count). The highest BCUT2D eigenvalue weighted by Crippen LogP contribution is 2.23. The van der Waals surface area contributed by atoms with Gasteiger partial charge in [-0.05, 0) is 60.2 Å². The van der Waals surface area contributed by atoms with Gasteiger partial charge in [-0.3, -0.25) is 0 Å². The summed E-state index contributed by atoms with van der Waals surface area (Å²) in [6, 6.07) is 13.7. The third-order valence-corrected chi connectivity index (χ3v) is 4.14. The van der Waals surface area contributed by atoms with Crippen LogP contribution in [0.1, 0.15) is 37.5 Å². The van der Waals surface area contributed by atoms with Crippen LogP contribution in [0.5, 0.6) is 5.75 Å². The summed E-state index contributed by atoms with van der Waals surface area (Å²) in [5, 5.41) is 5.63. The first-order valence-corrected chi connectivity index (χ1v) is 8.61. The normalized spacial score (nSPS) is 11.1. The van der Waals surface area contributed by atoms with E-state index in [0.717, 1.165) is 11.4 Å². The van der Waals surface area contributed by atoms with E-state index in [9.17, 15) is 4.79 Å². The predicted molar refractivity (Wildman–Crippen MR) is 104 cm³/mol. The molecule has 134 valence electrons. The van der Waals surface area contributed by atoms with Crippen molar-refractivity contribution >= 4 is 11.7 Å². The van der Waals surface area contributed by atoms with Crippen LogP contribution in [0.15, 0.2) is 42.5 Å². The molecule has 4 nitrogen and oxygen atoms in total. The highest BCUT2D eigenvalue weighted by molar-refractivity contribution is 5.89. The highest BCUT2D eigenvalue weighted by Gasteiger charge is 2.13. The molecule has 0 atom stereocenters. The van der Waals surface area contributed by atoms with Gasteiger partial charge in [0.1, 0.15) is 12.4 Å². The highest BCUT2D eigenvalue weighted by atomic mass is 16.5. The van der Waals surface area contributed by atoms with Gasteiger partial charge in [-0.2, -0.15) is 0 Å². The van der Waals surface area contributed by atoms with Crippen molar-refractivity contribution in [3.05, 3.63) is 59.2 Å². The molecule has 0 aromatic heterocycles. The number of aryl methyl sites for hydroxylation is 2. The average Bonchev–Trinajstić information content (AvgIpc) is 2.54. The molecule has 0 aliphatic carbocycles. The third kappa shape index (κ3) is 5.82. The number of rotatable bonds is 5. The Morgan fingerprint density at radius 1 is 1.00 bits per heavy atom. The molecular weight excluding hydrogens is 312 g/mol. The van der Waals surface area contributed by atoms with Crippen molar-refractivity contribution < 1.29 is 9.53 Å². The number of carbonyl (C=O) groups excluding carboxylic acids is 1. The van der Waals surface area contributed by atoms with E-state index < -0.39 is 0 Å².